The lowest BCUT2D eigenvalue weighted by Crippen LogP contribution is -2.49. The Labute approximate surface area is 247 Å². The average molecular weight is 570 g/mol. The van der Waals surface area contributed by atoms with Crippen molar-refractivity contribution in [3.8, 4) is 11.1 Å². The van der Waals surface area contributed by atoms with Crippen LogP contribution in [0.25, 0.3) is 22.0 Å². The molecular formula is C33H43N7O2. The predicted molar refractivity (Wildman–Crippen MR) is 169 cm³/mol. The van der Waals surface area contributed by atoms with Gasteiger partial charge in [-0.1, -0.05) is 13.3 Å². The highest BCUT2D eigenvalue weighted by Crippen LogP contribution is 2.35. The van der Waals surface area contributed by atoms with E-state index in [1.807, 2.05) is 36.1 Å². The lowest BCUT2D eigenvalue weighted by atomic mass is 9.98. The number of amides is 1. The van der Waals surface area contributed by atoms with E-state index >= 15 is 0 Å². The lowest BCUT2D eigenvalue weighted by molar-refractivity contribution is 0.0952. The van der Waals surface area contributed by atoms with Crippen LogP contribution in [-0.2, 0) is 13.0 Å². The SMILES string of the molecule is CCCc1cc(C)[nH]c(=O)c1CNC(=O)c1cc(-c2cnccc2N2CCN(C(C)C)CC2)cc2c1cnn2C(C)C. The van der Waals surface area contributed by atoms with Crippen LogP contribution in [0.5, 0.6) is 0 Å². The van der Waals surface area contributed by atoms with E-state index in [0.29, 0.717) is 17.2 Å². The Morgan fingerprint density at radius 2 is 1.81 bits per heavy atom. The largest absolute Gasteiger partial charge is 0.368 e. The fraction of sp³-hybridized carbons (Fsp3) is 0.455. The number of piperazine rings is 1. The van der Waals surface area contributed by atoms with Crippen LogP contribution in [0, 0.1) is 6.92 Å². The van der Waals surface area contributed by atoms with Gasteiger partial charge in [0.15, 0.2) is 0 Å². The topological polar surface area (TPSA) is 99.1 Å². The number of aromatic amines is 1. The molecule has 4 aromatic rings. The van der Waals surface area contributed by atoms with Crippen molar-refractivity contribution in [2.75, 3.05) is 31.1 Å². The van der Waals surface area contributed by atoms with E-state index in [9.17, 15) is 9.59 Å². The second-order valence-electron chi connectivity index (χ2n) is 11.9. The van der Waals surface area contributed by atoms with Crippen LogP contribution in [0.15, 0.2) is 47.7 Å². The minimum Gasteiger partial charge on any atom is -0.368 e. The molecule has 0 unspecified atom stereocenters. The van der Waals surface area contributed by atoms with Gasteiger partial charge in [0.2, 0.25) is 0 Å². The number of aryl methyl sites for hydroxylation is 2. The van der Waals surface area contributed by atoms with E-state index < -0.39 is 0 Å². The molecule has 42 heavy (non-hydrogen) atoms. The molecule has 9 heteroatoms. The predicted octanol–water partition coefficient (Wildman–Crippen LogP) is 5.09. The Kier molecular flexibility index (Phi) is 8.77. The first kappa shape index (κ1) is 29.5. The summed E-state index contributed by atoms with van der Waals surface area (Å²) in [5.41, 5.74) is 6.72. The smallest absolute Gasteiger partial charge is 0.253 e. The van der Waals surface area contributed by atoms with Gasteiger partial charge in [-0.05, 0) is 76.4 Å². The molecule has 0 saturated carbocycles. The first-order valence-corrected chi connectivity index (χ1v) is 15.1. The van der Waals surface area contributed by atoms with Crippen LogP contribution < -0.4 is 15.8 Å². The number of H-pyrrole nitrogens is 1. The molecule has 1 aliphatic heterocycles. The molecule has 4 heterocycles. The summed E-state index contributed by atoms with van der Waals surface area (Å²) >= 11 is 0. The Balaban J connectivity index is 1.53. The lowest BCUT2D eigenvalue weighted by Gasteiger charge is -2.38. The number of hydrogen-bond acceptors (Lipinski definition) is 6. The van der Waals surface area contributed by atoms with Gasteiger partial charge in [0.1, 0.15) is 0 Å². The fourth-order valence-electron chi connectivity index (χ4n) is 6.00. The summed E-state index contributed by atoms with van der Waals surface area (Å²) < 4.78 is 1.96. The van der Waals surface area contributed by atoms with Crippen LogP contribution in [-0.4, -0.2) is 62.8 Å². The van der Waals surface area contributed by atoms with E-state index in [1.54, 1.807) is 6.20 Å². The maximum Gasteiger partial charge on any atom is 0.253 e. The summed E-state index contributed by atoms with van der Waals surface area (Å²) in [6, 6.07) is 8.78. The molecule has 222 valence electrons. The number of rotatable bonds is 9. The van der Waals surface area contributed by atoms with Crippen LogP contribution in [0.1, 0.15) is 74.3 Å². The quantitative estimate of drug-likeness (QED) is 0.291. The summed E-state index contributed by atoms with van der Waals surface area (Å²) in [6.07, 6.45) is 7.20. The van der Waals surface area contributed by atoms with Gasteiger partial charge in [0.05, 0.1) is 17.3 Å². The zero-order valence-corrected chi connectivity index (χ0v) is 25.7. The number of carbonyl (C=O) groups excluding carboxylic acids is 1. The Morgan fingerprint density at radius 3 is 2.50 bits per heavy atom. The zero-order chi connectivity index (χ0) is 30.0. The number of fused-ring (bicyclic) bond motifs is 1. The Morgan fingerprint density at radius 1 is 1.05 bits per heavy atom. The standard InChI is InChI=1S/C33H43N7O2/c1-7-8-24-15-23(6)37-33(42)28(24)19-35-32(41)26-16-25(17-31-29(26)20-36-40(31)22(4)5)27-18-34-10-9-30(27)39-13-11-38(12-14-39)21(2)3/h9-10,15-18,20-22H,7-8,11-14,19H2,1-6H3,(H,35,41)(H,37,42). The minimum absolute atomic E-state index is 0.119. The van der Waals surface area contributed by atoms with E-state index in [4.69, 9.17) is 0 Å². The number of pyridine rings is 2. The number of nitrogens with zero attached hydrogens (tertiary/aromatic N) is 5. The van der Waals surface area contributed by atoms with Gasteiger partial charge in [-0.2, -0.15) is 5.10 Å². The number of hydrogen-bond donors (Lipinski definition) is 2. The molecule has 3 aromatic heterocycles. The number of carbonyl (C=O) groups is 1. The molecule has 5 rings (SSSR count). The molecule has 0 bridgehead atoms. The van der Waals surface area contributed by atoms with Gasteiger partial charge in [-0.25, -0.2) is 0 Å². The van der Waals surface area contributed by atoms with Gasteiger partial charge < -0.3 is 15.2 Å². The number of anilines is 1. The Hall–Kier alpha value is -3.98. The van der Waals surface area contributed by atoms with E-state index in [2.05, 4.69) is 76.9 Å². The Bertz CT molecular complexity index is 1630. The van der Waals surface area contributed by atoms with Gasteiger partial charge in [0.25, 0.3) is 11.5 Å². The molecule has 1 amide bonds. The molecule has 0 radical (unpaired) electrons. The molecule has 1 aliphatic rings. The number of benzene rings is 1. The van der Waals surface area contributed by atoms with Crippen molar-refractivity contribution in [3.05, 3.63) is 75.6 Å². The van der Waals surface area contributed by atoms with Crippen molar-refractivity contribution in [2.24, 2.45) is 0 Å². The first-order chi connectivity index (χ1) is 20.2. The maximum atomic E-state index is 13.8. The van der Waals surface area contributed by atoms with E-state index in [0.717, 1.165) is 78.0 Å². The van der Waals surface area contributed by atoms with Crippen molar-refractivity contribution in [2.45, 2.75) is 73.0 Å². The number of nitrogens with one attached hydrogen (secondary N) is 2. The molecule has 9 nitrogen and oxygen atoms in total. The summed E-state index contributed by atoms with van der Waals surface area (Å²) in [7, 11) is 0. The second-order valence-corrected chi connectivity index (χ2v) is 11.9. The molecule has 0 spiro atoms. The van der Waals surface area contributed by atoms with E-state index in [1.165, 1.54) is 0 Å². The third-order valence-corrected chi connectivity index (χ3v) is 8.25. The molecule has 1 fully saturated rings. The third kappa shape index (κ3) is 5.97. The summed E-state index contributed by atoms with van der Waals surface area (Å²) in [6.45, 7) is 16.7. The van der Waals surface area contributed by atoms with Gasteiger partial charge in [-0.15, -0.1) is 0 Å². The van der Waals surface area contributed by atoms with E-state index in [-0.39, 0.29) is 24.1 Å². The zero-order valence-electron chi connectivity index (χ0n) is 25.7. The highest BCUT2D eigenvalue weighted by Gasteiger charge is 2.23. The monoisotopic (exact) mass is 569 g/mol. The molecule has 1 saturated heterocycles. The van der Waals surface area contributed by atoms with Crippen LogP contribution in [0.4, 0.5) is 5.69 Å². The average Bonchev–Trinajstić information content (AvgIpc) is 3.41. The molecule has 1 aromatic carbocycles. The van der Waals surface area contributed by atoms with Gasteiger partial charge in [-0.3, -0.25) is 24.2 Å². The highest BCUT2D eigenvalue weighted by molar-refractivity contribution is 6.08. The van der Waals surface area contributed by atoms with Crippen LogP contribution in [0.2, 0.25) is 0 Å². The fourth-order valence-corrected chi connectivity index (χ4v) is 6.00. The molecular weight excluding hydrogens is 526 g/mol. The van der Waals surface area contributed by atoms with Crippen molar-refractivity contribution < 1.29 is 4.79 Å². The van der Waals surface area contributed by atoms with Gasteiger partial charge >= 0.3 is 0 Å². The van der Waals surface area contributed by atoms with Gasteiger partial charge in [0, 0.05) is 85.1 Å². The molecule has 0 aliphatic carbocycles. The minimum atomic E-state index is -0.233. The summed E-state index contributed by atoms with van der Waals surface area (Å²) in [5.74, 6) is -0.233. The van der Waals surface area contributed by atoms with Crippen molar-refractivity contribution in [1.29, 1.82) is 0 Å². The first-order valence-electron chi connectivity index (χ1n) is 15.1. The third-order valence-electron chi connectivity index (χ3n) is 8.25. The van der Waals surface area contributed by atoms with Crippen LogP contribution >= 0.6 is 0 Å². The molecule has 2 N–H and O–H groups in total. The van der Waals surface area contributed by atoms with Crippen LogP contribution in [0.3, 0.4) is 0 Å². The summed E-state index contributed by atoms with van der Waals surface area (Å²) in [4.78, 5) is 38.9. The van der Waals surface area contributed by atoms with Crippen molar-refractivity contribution in [1.82, 2.24) is 30.0 Å². The highest BCUT2D eigenvalue weighted by atomic mass is 16.1. The van der Waals surface area contributed by atoms with Crippen molar-refractivity contribution >= 4 is 22.5 Å². The van der Waals surface area contributed by atoms with Crippen molar-refractivity contribution in [3.63, 3.8) is 0 Å². The second kappa shape index (κ2) is 12.5. The maximum absolute atomic E-state index is 13.8. The number of aromatic nitrogens is 4. The summed E-state index contributed by atoms with van der Waals surface area (Å²) in [5, 5.41) is 8.47. The molecule has 0 atom stereocenters. The normalized spacial score (nSPS) is 14.3.